The van der Waals surface area contributed by atoms with Crippen molar-refractivity contribution in [3.8, 4) is 5.75 Å². The first-order chi connectivity index (χ1) is 14.4. The monoisotopic (exact) mass is 419 g/mol. The number of hydrogen-bond acceptors (Lipinski definition) is 5. The molecule has 2 aromatic rings. The minimum absolute atomic E-state index is 0.120. The first kappa shape index (κ1) is 25.0. The van der Waals surface area contributed by atoms with Crippen LogP contribution in [0.2, 0.25) is 0 Å². The van der Waals surface area contributed by atoms with Gasteiger partial charge in [-0.05, 0) is 44.0 Å². The summed E-state index contributed by atoms with van der Waals surface area (Å²) in [7, 11) is 3.04. The Morgan fingerprint density at radius 1 is 1.20 bits per heavy atom. The van der Waals surface area contributed by atoms with Crippen LogP contribution in [-0.2, 0) is 9.53 Å². The number of anilines is 1. The Kier molecular flexibility index (Phi) is 11.1. The molecular formula is C22H30FN3O4. The van der Waals surface area contributed by atoms with E-state index in [4.69, 9.17) is 9.47 Å². The minimum atomic E-state index is -0.411. The van der Waals surface area contributed by atoms with E-state index in [1.54, 1.807) is 18.2 Å². The standard InChI is InChI=1S/C13H17N3O3.C7H7FO.C2H6/c1-8-3-4-11(19-8)13(18)16-9-5-6-15-10(7-9)12(17)14-2;1-9-7-4-2-3-6(8)5-7;1-2/h5-8,11H,3-4H2,1-2H3,(H,14,17)(H,15,16,18);2-5H,1H3;1-2H3. The Morgan fingerprint density at radius 2 is 1.93 bits per heavy atom. The first-order valence-electron chi connectivity index (χ1n) is 9.87. The molecule has 1 fully saturated rings. The van der Waals surface area contributed by atoms with E-state index in [0.717, 1.165) is 12.8 Å². The maximum absolute atomic E-state index is 12.3. The largest absolute Gasteiger partial charge is 0.497 e. The number of nitrogens with zero attached hydrogens (tertiary/aromatic N) is 1. The lowest BCUT2D eigenvalue weighted by Crippen LogP contribution is -2.28. The number of ether oxygens (including phenoxy) is 2. The van der Waals surface area contributed by atoms with E-state index in [0.29, 0.717) is 11.4 Å². The molecule has 2 amide bonds. The van der Waals surface area contributed by atoms with Crippen LogP contribution in [0.15, 0.2) is 42.6 Å². The second-order valence-electron chi connectivity index (χ2n) is 6.17. The fourth-order valence-electron chi connectivity index (χ4n) is 2.57. The van der Waals surface area contributed by atoms with Crippen LogP contribution in [-0.4, -0.2) is 43.2 Å². The minimum Gasteiger partial charge on any atom is -0.497 e. The van der Waals surface area contributed by atoms with Gasteiger partial charge in [0.25, 0.3) is 11.8 Å². The summed E-state index contributed by atoms with van der Waals surface area (Å²) >= 11 is 0. The molecule has 1 aromatic heterocycles. The lowest BCUT2D eigenvalue weighted by atomic mass is 10.2. The van der Waals surface area contributed by atoms with Crippen LogP contribution in [0.25, 0.3) is 0 Å². The molecule has 30 heavy (non-hydrogen) atoms. The lowest BCUT2D eigenvalue weighted by molar-refractivity contribution is -0.126. The highest BCUT2D eigenvalue weighted by atomic mass is 19.1. The number of nitrogens with one attached hydrogen (secondary N) is 2. The third-order valence-corrected chi connectivity index (χ3v) is 4.04. The summed E-state index contributed by atoms with van der Waals surface area (Å²) in [6.45, 7) is 5.95. The van der Waals surface area contributed by atoms with Gasteiger partial charge in [0.1, 0.15) is 23.4 Å². The van der Waals surface area contributed by atoms with E-state index in [1.807, 2.05) is 20.8 Å². The number of amides is 2. The predicted molar refractivity (Wildman–Crippen MR) is 114 cm³/mol. The quantitative estimate of drug-likeness (QED) is 0.787. The molecule has 0 spiro atoms. The summed E-state index contributed by atoms with van der Waals surface area (Å²) in [6, 6.07) is 9.19. The van der Waals surface area contributed by atoms with Crippen molar-refractivity contribution in [2.45, 2.75) is 45.8 Å². The number of methoxy groups -OCH3 is 1. The SMILES string of the molecule is CC.CNC(=O)c1cc(NC(=O)C2CCC(C)O2)ccn1.COc1cccc(F)c1. The molecule has 1 aliphatic heterocycles. The fourth-order valence-corrected chi connectivity index (χ4v) is 2.57. The average Bonchev–Trinajstić information content (AvgIpc) is 3.21. The zero-order chi connectivity index (χ0) is 22.5. The Bertz CT molecular complexity index is 816. The molecule has 1 saturated heterocycles. The molecule has 1 aliphatic rings. The molecule has 0 saturated carbocycles. The molecule has 164 valence electrons. The lowest BCUT2D eigenvalue weighted by Gasteiger charge is -2.12. The van der Waals surface area contributed by atoms with E-state index >= 15 is 0 Å². The number of carbonyl (C=O) groups is 2. The highest BCUT2D eigenvalue weighted by Gasteiger charge is 2.28. The average molecular weight is 419 g/mol. The van der Waals surface area contributed by atoms with Crippen LogP contribution >= 0.6 is 0 Å². The van der Waals surface area contributed by atoms with Gasteiger partial charge < -0.3 is 20.1 Å². The maximum Gasteiger partial charge on any atom is 0.269 e. The van der Waals surface area contributed by atoms with Gasteiger partial charge in [-0.15, -0.1) is 0 Å². The highest BCUT2D eigenvalue weighted by Crippen LogP contribution is 2.20. The summed E-state index contributed by atoms with van der Waals surface area (Å²) < 4.78 is 22.5. The molecule has 2 heterocycles. The Balaban J connectivity index is 0.000000342. The van der Waals surface area contributed by atoms with E-state index in [9.17, 15) is 14.0 Å². The van der Waals surface area contributed by atoms with Crippen LogP contribution in [0.4, 0.5) is 10.1 Å². The van der Waals surface area contributed by atoms with Crippen molar-refractivity contribution in [3.05, 3.63) is 54.1 Å². The molecule has 0 radical (unpaired) electrons. The Morgan fingerprint density at radius 3 is 2.47 bits per heavy atom. The van der Waals surface area contributed by atoms with E-state index in [-0.39, 0.29) is 29.4 Å². The molecular weight excluding hydrogens is 389 g/mol. The van der Waals surface area contributed by atoms with Crippen molar-refractivity contribution in [1.29, 1.82) is 0 Å². The predicted octanol–water partition coefficient (Wildman–Crippen LogP) is 3.81. The fraction of sp³-hybridized carbons (Fsp3) is 0.409. The number of benzene rings is 1. The van der Waals surface area contributed by atoms with Gasteiger partial charge in [-0.25, -0.2) is 4.39 Å². The van der Waals surface area contributed by atoms with Crippen LogP contribution < -0.4 is 15.4 Å². The zero-order valence-electron chi connectivity index (χ0n) is 18.1. The van der Waals surface area contributed by atoms with E-state index in [2.05, 4.69) is 15.6 Å². The van der Waals surface area contributed by atoms with Crippen molar-refractivity contribution < 1.29 is 23.5 Å². The number of halogens is 1. The molecule has 2 N–H and O–H groups in total. The molecule has 2 atom stereocenters. The van der Waals surface area contributed by atoms with Crippen LogP contribution in [0.1, 0.15) is 44.1 Å². The van der Waals surface area contributed by atoms with Gasteiger partial charge in [0, 0.05) is 25.0 Å². The number of carbonyl (C=O) groups excluding carboxylic acids is 2. The number of rotatable bonds is 4. The maximum atomic E-state index is 12.3. The number of aromatic nitrogens is 1. The van der Waals surface area contributed by atoms with Gasteiger partial charge in [0.15, 0.2) is 0 Å². The van der Waals surface area contributed by atoms with Gasteiger partial charge in [0.05, 0.1) is 13.2 Å². The molecule has 2 unspecified atom stereocenters. The van der Waals surface area contributed by atoms with Crippen molar-refractivity contribution in [2.24, 2.45) is 0 Å². The summed E-state index contributed by atoms with van der Waals surface area (Å²) in [5.41, 5.74) is 0.808. The Labute approximate surface area is 177 Å². The molecule has 0 aliphatic carbocycles. The highest BCUT2D eigenvalue weighted by molar-refractivity contribution is 5.97. The second-order valence-corrected chi connectivity index (χ2v) is 6.17. The summed E-state index contributed by atoms with van der Waals surface area (Å²) in [4.78, 5) is 27.3. The van der Waals surface area contributed by atoms with Gasteiger partial charge >= 0.3 is 0 Å². The smallest absolute Gasteiger partial charge is 0.269 e. The van der Waals surface area contributed by atoms with Crippen molar-refractivity contribution in [3.63, 3.8) is 0 Å². The third kappa shape index (κ3) is 8.16. The molecule has 0 bridgehead atoms. The third-order valence-electron chi connectivity index (χ3n) is 4.04. The van der Waals surface area contributed by atoms with E-state index in [1.165, 1.54) is 38.6 Å². The zero-order valence-corrected chi connectivity index (χ0v) is 18.1. The van der Waals surface area contributed by atoms with Crippen LogP contribution in [0.5, 0.6) is 5.75 Å². The second kappa shape index (κ2) is 13.3. The van der Waals surface area contributed by atoms with Crippen molar-refractivity contribution in [1.82, 2.24) is 10.3 Å². The summed E-state index contributed by atoms with van der Waals surface area (Å²) in [5, 5.41) is 5.22. The van der Waals surface area contributed by atoms with E-state index < -0.39 is 6.10 Å². The van der Waals surface area contributed by atoms with Gasteiger partial charge in [0.2, 0.25) is 0 Å². The van der Waals surface area contributed by atoms with Gasteiger partial charge in [-0.3, -0.25) is 14.6 Å². The van der Waals surface area contributed by atoms with Gasteiger partial charge in [-0.2, -0.15) is 0 Å². The summed E-state index contributed by atoms with van der Waals surface area (Å²) in [5.74, 6) is -0.190. The van der Waals surface area contributed by atoms with Crippen molar-refractivity contribution in [2.75, 3.05) is 19.5 Å². The Hall–Kier alpha value is -3.00. The summed E-state index contributed by atoms with van der Waals surface area (Å²) in [6.07, 6.45) is 2.80. The normalized spacial score (nSPS) is 16.9. The molecule has 8 heteroatoms. The molecule has 1 aromatic carbocycles. The van der Waals surface area contributed by atoms with Crippen molar-refractivity contribution >= 4 is 17.5 Å². The van der Waals surface area contributed by atoms with Crippen LogP contribution in [0, 0.1) is 5.82 Å². The molecule has 3 rings (SSSR count). The van der Waals surface area contributed by atoms with Crippen LogP contribution in [0.3, 0.4) is 0 Å². The first-order valence-corrected chi connectivity index (χ1v) is 9.87. The molecule has 7 nitrogen and oxygen atoms in total. The number of hydrogen-bond donors (Lipinski definition) is 2. The topological polar surface area (TPSA) is 89.6 Å². The number of pyridine rings is 1. The van der Waals surface area contributed by atoms with Gasteiger partial charge in [-0.1, -0.05) is 19.9 Å².